The molecule has 0 aliphatic rings. The molecule has 0 aromatic carbocycles. The summed E-state index contributed by atoms with van der Waals surface area (Å²) in [6, 6.07) is 0. The van der Waals surface area contributed by atoms with Crippen molar-refractivity contribution < 1.29 is 9.59 Å². The number of hydrogen-bond acceptors (Lipinski definition) is 2. The summed E-state index contributed by atoms with van der Waals surface area (Å²) < 4.78 is 0. The Morgan fingerprint density at radius 1 is 1.50 bits per heavy atom. The summed E-state index contributed by atoms with van der Waals surface area (Å²) in [6.45, 7) is 4.21. The quantitative estimate of drug-likeness (QED) is 0.685. The molecule has 0 heterocycles. The highest BCUT2D eigenvalue weighted by Crippen LogP contribution is 2.04. The van der Waals surface area contributed by atoms with E-state index in [0.717, 1.165) is 0 Å². The van der Waals surface area contributed by atoms with Gasteiger partial charge in [-0.3, -0.25) is 9.59 Å². The minimum atomic E-state index is -0.235. The van der Waals surface area contributed by atoms with Gasteiger partial charge in [-0.25, -0.2) is 0 Å². The van der Waals surface area contributed by atoms with Gasteiger partial charge in [0.05, 0.1) is 6.54 Å². The average molecular weight is 221 g/mol. The molecule has 1 atom stereocenters. The summed E-state index contributed by atoms with van der Waals surface area (Å²) >= 11 is 5.57. The SMILES string of the molecule is CCN(CC(=O)NC)C(=O)C(C)CCl. The van der Waals surface area contributed by atoms with E-state index in [1.54, 1.807) is 14.0 Å². The van der Waals surface area contributed by atoms with Gasteiger partial charge in [0, 0.05) is 25.4 Å². The van der Waals surface area contributed by atoms with Crippen molar-refractivity contribution >= 4 is 23.4 Å². The normalized spacial score (nSPS) is 12.0. The van der Waals surface area contributed by atoms with Crippen LogP contribution in [-0.2, 0) is 9.59 Å². The molecule has 0 rings (SSSR count). The third-order valence-electron chi connectivity index (χ3n) is 1.96. The molecule has 0 aliphatic heterocycles. The number of nitrogens with zero attached hydrogens (tertiary/aromatic N) is 1. The Bertz CT molecular complexity index is 209. The Morgan fingerprint density at radius 3 is 2.43 bits per heavy atom. The van der Waals surface area contributed by atoms with Gasteiger partial charge in [-0.2, -0.15) is 0 Å². The van der Waals surface area contributed by atoms with Gasteiger partial charge >= 0.3 is 0 Å². The first kappa shape index (κ1) is 13.2. The number of rotatable bonds is 5. The minimum Gasteiger partial charge on any atom is -0.358 e. The van der Waals surface area contributed by atoms with Crippen molar-refractivity contribution in [1.82, 2.24) is 10.2 Å². The van der Waals surface area contributed by atoms with Crippen molar-refractivity contribution in [3.05, 3.63) is 0 Å². The van der Waals surface area contributed by atoms with Crippen molar-refractivity contribution in [3.8, 4) is 0 Å². The van der Waals surface area contributed by atoms with Gasteiger partial charge in [-0.15, -0.1) is 11.6 Å². The molecule has 0 aromatic heterocycles. The second kappa shape index (κ2) is 6.65. The second-order valence-corrected chi connectivity index (χ2v) is 3.39. The molecular weight excluding hydrogens is 204 g/mol. The smallest absolute Gasteiger partial charge is 0.239 e. The van der Waals surface area contributed by atoms with E-state index < -0.39 is 0 Å². The highest BCUT2D eigenvalue weighted by Gasteiger charge is 2.19. The van der Waals surface area contributed by atoms with E-state index >= 15 is 0 Å². The van der Waals surface area contributed by atoms with Gasteiger partial charge in [0.15, 0.2) is 0 Å². The summed E-state index contributed by atoms with van der Waals surface area (Å²) in [7, 11) is 1.55. The summed E-state index contributed by atoms with van der Waals surface area (Å²) in [5.74, 6) is -0.197. The highest BCUT2D eigenvalue weighted by molar-refractivity contribution is 6.19. The average Bonchev–Trinajstić information content (AvgIpc) is 2.23. The largest absolute Gasteiger partial charge is 0.358 e. The first-order chi connectivity index (χ1) is 6.56. The molecule has 2 amide bonds. The molecule has 1 unspecified atom stereocenters. The fourth-order valence-corrected chi connectivity index (χ4v) is 1.11. The van der Waals surface area contributed by atoms with E-state index in [4.69, 9.17) is 11.6 Å². The fourth-order valence-electron chi connectivity index (χ4n) is 0.976. The monoisotopic (exact) mass is 220 g/mol. The lowest BCUT2D eigenvalue weighted by atomic mass is 10.2. The molecule has 0 radical (unpaired) electrons. The second-order valence-electron chi connectivity index (χ2n) is 3.08. The number of amides is 2. The fraction of sp³-hybridized carbons (Fsp3) is 0.778. The molecule has 0 bridgehead atoms. The lowest BCUT2D eigenvalue weighted by Gasteiger charge is -2.22. The van der Waals surface area contributed by atoms with Gasteiger partial charge in [0.25, 0.3) is 0 Å². The summed E-state index contributed by atoms with van der Waals surface area (Å²) in [6.07, 6.45) is 0. The lowest BCUT2D eigenvalue weighted by Crippen LogP contribution is -2.42. The molecule has 1 N–H and O–H groups in total. The summed E-state index contributed by atoms with van der Waals surface area (Å²) in [4.78, 5) is 24.2. The first-order valence-electron chi connectivity index (χ1n) is 4.62. The topological polar surface area (TPSA) is 49.4 Å². The van der Waals surface area contributed by atoms with Gasteiger partial charge in [-0.05, 0) is 6.92 Å². The Balaban J connectivity index is 4.26. The van der Waals surface area contributed by atoms with Crippen LogP contribution in [0.25, 0.3) is 0 Å². The van der Waals surface area contributed by atoms with Gasteiger partial charge in [0.2, 0.25) is 11.8 Å². The van der Waals surface area contributed by atoms with E-state index in [-0.39, 0.29) is 30.2 Å². The van der Waals surface area contributed by atoms with E-state index in [1.807, 2.05) is 6.92 Å². The zero-order chi connectivity index (χ0) is 11.1. The van der Waals surface area contributed by atoms with Crippen molar-refractivity contribution in [1.29, 1.82) is 0 Å². The van der Waals surface area contributed by atoms with Crippen LogP contribution < -0.4 is 5.32 Å². The maximum atomic E-state index is 11.6. The molecule has 5 heteroatoms. The molecule has 0 fully saturated rings. The molecule has 0 aromatic rings. The number of halogens is 1. The molecular formula is C9H17ClN2O2. The molecule has 0 saturated heterocycles. The number of likely N-dealkylation sites (N-methyl/N-ethyl adjacent to an activating group) is 2. The summed E-state index contributed by atoms with van der Waals surface area (Å²) in [5, 5.41) is 2.48. The standard InChI is InChI=1S/C9H17ClN2O2/c1-4-12(6-8(13)11-3)9(14)7(2)5-10/h7H,4-6H2,1-3H3,(H,11,13). The van der Waals surface area contributed by atoms with Gasteiger partial charge < -0.3 is 10.2 Å². The van der Waals surface area contributed by atoms with Crippen LogP contribution in [0.5, 0.6) is 0 Å². The van der Waals surface area contributed by atoms with Gasteiger partial charge in [-0.1, -0.05) is 6.92 Å². The van der Waals surface area contributed by atoms with Crippen LogP contribution in [0.2, 0.25) is 0 Å². The Kier molecular flexibility index (Phi) is 6.28. The molecule has 0 spiro atoms. The van der Waals surface area contributed by atoms with Crippen LogP contribution in [0.3, 0.4) is 0 Å². The van der Waals surface area contributed by atoms with E-state index in [9.17, 15) is 9.59 Å². The predicted molar refractivity (Wildman–Crippen MR) is 56.2 cm³/mol. The third kappa shape index (κ3) is 3.96. The maximum absolute atomic E-state index is 11.6. The molecule has 0 saturated carbocycles. The zero-order valence-electron chi connectivity index (χ0n) is 8.84. The number of hydrogen-bond donors (Lipinski definition) is 1. The van der Waals surface area contributed by atoms with Gasteiger partial charge in [0.1, 0.15) is 0 Å². The molecule has 4 nitrogen and oxygen atoms in total. The number of alkyl halides is 1. The van der Waals surface area contributed by atoms with Crippen LogP contribution in [0.15, 0.2) is 0 Å². The maximum Gasteiger partial charge on any atom is 0.239 e. The minimum absolute atomic E-state index is 0.0777. The van der Waals surface area contributed by atoms with Crippen LogP contribution in [-0.4, -0.2) is 42.7 Å². The van der Waals surface area contributed by atoms with Crippen molar-refractivity contribution in [2.45, 2.75) is 13.8 Å². The van der Waals surface area contributed by atoms with E-state index in [0.29, 0.717) is 6.54 Å². The molecule has 14 heavy (non-hydrogen) atoms. The van der Waals surface area contributed by atoms with Crippen LogP contribution in [0.1, 0.15) is 13.8 Å². The predicted octanol–water partition coefficient (Wildman–Crippen LogP) is 0.456. The van der Waals surface area contributed by atoms with Crippen molar-refractivity contribution in [2.75, 3.05) is 26.0 Å². The number of nitrogens with one attached hydrogen (secondary N) is 1. The zero-order valence-corrected chi connectivity index (χ0v) is 9.60. The number of carbonyl (C=O) groups excluding carboxylic acids is 2. The Labute approximate surface area is 89.6 Å². The third-order valence-corrected chi connectivity index (χ3v) is 2.42. The first-order valence-corrected chi connectivity index (χ1v) is 5.15. The Hall–Kier alpha value is -0.770. The van der Waals surface area contributed by atoms with E-state index in [2.05, 4.69) is 5.32 Å². The lowest BCUT2D eigenvalue weighted by molar-refractivity contribution is -0.138. The summed E-state index contributed by atoms with van der Waals surface area (Å²) in [5.41, 5.74) is 0. The Morgan fingerprint density at radius 2 is 2.07 bits per heavy atom. The van der Waals surface area contributed by atoms with E-state index in [1.165, 1.54) is 4.90 Å². The van der Waals surface area contributed by atoms with Crippen LogP contribution in [0.4, 0.5) is 0 Å². The van der Waals surface area contributed by atoms with Crippen molar-refractivity contribution in [3.63, 3.8) is 0 Å². The molecule has 82 valence electrons. The molecule has 0 aliphatic carbocycles. The van der Waals surface area contributed by atoms with Crippen molar-refractivity contribution in [2.24, 2.45) is 5.92 Å². The van der Waals surface area contributed by atoms with Crippen LogP contribution >= 0.6 is 11.6 Å². The van der Waals surface area contributed by atoms with Crippen LogP contribution in [0, 0.1) is 5.92 Å². The highest BCUT2D eigenvalue weighted by atomic mass is 35.5. The number of carbonyl (C=O) groups is 2.